The molecule has 0 unspecified atom stereocenters. The number of aromatic nitrogens is 2. The Hall–Kier alpha value is -6.79. The van der Waals surface area contributed by atoms with E-state index in [1.165, 1.54) is 0 Å². The Labute approximate surface area is 288 Å². The van der Waals surface area contributed by atoms with Gasteiger partial charge in [-0.3, -0.25) is 4.57 Å². The highest BCUT2D eigenvalue weighted by Gasteiger charge is 2.25. The molecule has 0 aliphatic carbocycles. The van der Waals surface area contributed by atoms with Gasteiger partial charge in [0.25, 0.3) is 0 Å². The molecule has 6 aromatic carbocycles. The summed E-state index contributed by atoms with van der Waals surface area (Å²) in [7, 11) is 0. The fourth-order valence-electron chi connectivity index (χ4n) is 7.17. The summed E-state index contributed by atoms with van der Waals surface area (Å²) in [6, 6.07) is 54.2. The van der Waals surface area contributed by atoms with Crippen molar-refractivity contribution in [3.05, 3.63) is 176 Å². The zero-order valence-corrected chi connectivity index (χ0v) is 27.0. The third-order valence-electron chi connectivity index (χ3n) is 9.51. The van der Waals surface area contributed by atoms with Gasteiger partial charge in [-0.05, 0) is 54.1 Å². The number of rotatable bonds is 6. The summed E-state index contributed by atoms with van der Waals surface area (Å²) in [5.74, 6) is 2.30. The minimum Gasteiger partial charge on any atom is -0.457 e. The van der Waals surface area contributed by atoms with Gasteiger partial charge in [0.1, 0.15) is 28.5 Å². The van der Waals surface area contributed by atoms with Crippen LogP contribution in [0, 0.1) is 0 Å². The first-order chi connectivity index (χ1) is 24.8. The second-order valence-corrected chi connectivity index (χ2v) is 12.5. The molecule has 1 aliphatic heterocycles. The smallest absolute Gasteiger partial charge is 0.141 e. The third kappa shape index (κ3) is 4.69. The molecule has 0 fully saturated rings. The molecule has 238 valence electrons. The first-order valence-corrected chi connectivity index (χ1v) is 16.7. The van der Waals surface area contributed by atoms with Gasteiger partial charge >= 0.3 is 0 Å². The normalized spacial score (nSPS) is 13.2. The van der Waals surface area contributed by atoms with Crippen LogP contribution in [0.5, 0.6) is 11.5 Å². The van der Waals surface area contributed by atoms with Crippen molar-refractivity contribution >= 4 is 60.8 Å². The van der Waals surface area contributed by atoms with Gasteiger partial charge < -0.3 is 19.0 Å². The van der Waals surface area contributed by atoms with Crippen LogP contribution in [0.15, 0.2) is 175 Å². The number of furan rings is 1. The third-order valence-corrected chi connectivity index (χ3v) is 9.51. The first-order valence-electron chi connectivity index (χ1n) is 16.7. The molecule has 0 saturated heterocycles. The van der Waals surface area contributed by atoms with Crippen molar-refractivity contribution in [1.82, 2.24) is 9.55 Å². The average Bonchev–Trinajstić information content (AvgIpc) is 3.88. The molecule has 3 aromatic heterocycles. The lowest BCUT2D eigenvalue weighted by molar-refractivity contribution is 0.483. The van der Waals surface area contributed by atoms with Crippen LogP contribution >= 0.6 is 0 Å². The van der Waals surface area contributed by atoms with Crippen LogP contribution < -0.4 is 14.5 Å². The van der Waals surface area contributed by atoms with Crippen LogP contribution in [0.25, 0.3) is 55.3 Å². The largest absolute Gasteiger partial charge is 0.457 e. The molecule has 50 heavy (non-hydrogen) atoms. The van der Waals surface area contributed by atoms with Gasteiger partial charge in [0.2, 0.25) is 0 Å². The van der Waals surface area contributed by atoms with Gasteiger partial charge in [0.15, 0.2) is 0 Å². The Morgan fingerprint density at radius 1 is 0.540 bits per heavy atom. The highest BCUT2D eigenvalue weighted by molar-refractivity contribution is 6.10. The molecule has 6 heteroatoms. The number of para-hydroxylation sites is 3. The first kappa shape index (κ1) is 28.2. The van der Waals surface area contributed by atoms with Crippen LogP contribution in [0.3, 0.4) is 0 Å². The molecule has 4 heterocycles. The van der Waals surface area contributed by atoms with Crippen molar-refractivity contribution < 1.29 is 9.15 Å². The summed E-state index contributed by atoms with van der Waals surface area (Å²) in [4.78, 5) is 9.56. The molecule has 0 radical (unpaired) electrons. The van der Waals surface area contributed by atoms with Crippen molar-refractivity contribution in [2.75, 3.05) is 16.5 Å². The van der Waals surface area contributed by atoms with Crippen LogP contribution in [0.1, 0.15) is 5.56 Å². The zero-order chi connectivity index (χ0) is 33.0. The lowest BCUT2D eigenvalue weighted by atomic mass is 10.1. The van der Waals surface area contributed by atoms with Crippen molar-refractivity contribution in [2.24, 2.45) is 0 Å². The maximum atomic E-state index is 6.62. The molecule has 0 spiro atoms. The van der Waals surface area contributed by atoms with Gasteiger partial charge in [0, 0.05) is 63.5 Å². The van der Waals surface area contributed by atoms with Crippen molar-refractivity contribution in [3.8, 4) is 17.3 Å². The number of anilines is 2. The van der Waals surface area contributed by atoms with E-state index in [1.54, 1.807) is 0 Å². The SMILES string of the molecule is C1=C(c2ccccc2)N(c2cccc(Oc3ccc4c5ccccc5n(-c5cc6oc7ccccc7c6cn5)c4c3)c2)CN1c1ccccc1. The minimum absolute atomic E-state index is 0.687. The van der Waals surface area contributed by atoms with E-state index in [-0.39, 0.29) is 0 Å². The lowest BCUT2D eigenvalue weighted by Gasteiger charge is -2.25. The molecule has 10 rings (SSSR count). The number of ether oxygens (including phenoxy) is 1. The van der Waals surface area contributed by atoms with Gasteiger partial charge in [-0.15, -0.1) is 0 Å². The Morgan fingerprint density at radius 2 is 1.26 bits per heavy atom. The summed E-state index contributed by atoms with van der Waals surface area (Å²) in [6.45, 7) is 0.687. The predicted octanol–water partition coefficient (Wildman–Crippen LogP) is 11.2. The summed E-state index contributed by atoms with van der Waals surface area (Å²) >= 11 is 0. The topological polar surface area (TPSA) is 46.7 Å². The van der Waals surface area contributed by atoms with E-state index in [0.717, 1.165) is 83.7 Å². The fraction of sp³-hybridized carbons (Fsp3) is 0.0227. The van der Waals surface area contributed by atoms with Crippen LogP contribution in [0.4, 0.5) is 11.4 Å². The van der Waals surface area contributed by atoms with E-state index < -0.39 is 0 Å². The quantitative estimate of drug-likeness (QED) is 0.180. The number of fused-ring (bicyclic) bond motifs is 6. The lowest BCUT2D eigenvalue weighted by Crippen LogP contribution is -2.26. The monoisotopic (exact) mass is 646 g/mol. The summed E-state index contributed by atoms with van der Waals surface area (Å²) < 4.78 is 15.1. The summed E-state index contributed by atoms with van der Waals surface area (Å²) in [5, 5.41) is 4.35. The second-order valence-electron chi connectivity index (χ2n) is 12.5. The molecule has 0 atom stereocenters. The standard InChI is InChI=1S/C44H30N4O2/c1-3-12-30(13-4-1)41-28-46(31-14-5-2-6-15-31)29-47(41)32-16-11-17-33(24-32)49-34-22-23-36-35-18-7-9-20-39(35)48(40(36)25-34)44-26-43-38(27-45-44)37-19-8-10-21-42(37)50-43/h1-28H,29H2. The summed E-state index contributed by atoms with van der Waals surface area (Å²) in [6.07, 6.45) is 4.14. The number of hydrogen-bond donors (Lipinski definition) is 0. The number of benzene rings is 6. The second kappa shape index (κ2) is 11.4. The molecule has 6 nitrogen and oxygen atoms in total. The Morgan fingerprint density at radius 3 is 2.14 bits per heavy atom. The van der Waals surface area contributed by atoms with Gasteiger partial charge in [-0.1, -0.05) is 91.0 Å². The Kier molecular flexibility index (Phi) is 6.45. The molecule has 9 aromatic rings. The number of nitrogens with zero attached hydrogens (tertiary/aromatic N) is 4. The van der Waals surface area contributed by atoms with E-state index >= 15 is 0 Å². The molecular formula is C44H30N4O2. The van der Waals surface area contributed by atoms with Gasteiger partial charge in [-0.2, -0.15) is 0 Å². The number of hydrogen-bond acceptors (Lipinski definition) is 5. The van der Waals surface area contributed by atoms with E-state index in [4.69, 9.17) is 14.1 Å². The minimum atomic E-state index is 0.687. The molecule has 1 aliphatic rings. The van der Waals surface area contributed by atoms with E-state index in [0.29, 0.717) is 6.67 Å². The zero-order valence-electron chi connectivity index (χ0n) is 27.0. The van der Waals surface area contributed by atoms with Crippen molar-refractivity contribution in [3.63, 3.8) is 0 Å². The molecule has 0 bridgehead atoms. The fourth-order valence-corrected chi connectivity index (χ4v) is 7.17. The van der Waals surface area contributed by atoms with Crippen molar-refractivity contribution in [2.45, 2.75) is 0 Å². The van der Waals surface area contributed by atoms with Crippen molar-refractivity contribution in [1.29, 1.82) is 0 Å². The van der Waals surface area contributed by atoms with Gasteiger partial charge in [0.05, 0.1) is 23.4 Å². The average molecular weight is 647 g/mol. The van der Waals surface area contributed by atoms with Crippen LogP contribution in [0.2, 0.25) is 0 Å². The van der Waals surface area contributed by atoms with Crippen LogP contribution in [-0.2, 0) is 0 Å². The molecule has 0 N–H and O–H groups in total. The van der Waals surface area contributed by atoms with Gasteiger partial charge in [-0.25, -0.2) is 4.98 Å². The van der Waals surface area contributed by atoms with E-state index in [9.17, 15) is 0 Å². The highest BCUT2D eigenvalue weighted by atomic mass is 16.5. The van der Waals surface area contributed by atoms with E-state index in [1.807, 2.05) is 48.7 Å². The number of pyridine rings is 1. The Bertz CT molecular complexity index is 2730. The summed E-state index contributed by atoms with van der Waals surface area (Å²) in [5.41, 5.74) is 8.23. The van der Waals surface area contributed by atoms with Crippen LogP contribution in [-0.4, -0.2) is 16.2 Å². The maximum Gasteiger partial charge on any atom is 0.141 e. The molecular weight excluding hydrogens is 617 g/mol. The predicted molar refractivity (Wildman–Crippen MR) is 203 cm³/mol. The van der Waals surface area contributed by atoms with E-state index in [2.05, 4.69) is 136 Å². The maximum absolute atomic E-state index is 6.62. The molecule has 0 amide bonds. The molecule has 0 saturated carbocycles. The Balaban J connectivity index is 1.03. The highest BCUT2D eigenvalue weighted by Crippen LogP contribution is 2.39.